The first-order chi connectivity index (χ1) is 9.40. The Morgan fingerprint density at radius 3 is 2.45 bits per heavy atom. The van der Waals surface area contributed by atoms with Crippen molar-refractivity contribution in [2.75, 3.05) is 13.6 Å². The highest BCUT2D eigenvalue weighted by atomic mass is 32.2. The lowest BCUT2D eigenvalue weighted by atomic mass is 10.2. The molecule has 0 spiro atoms. The van der Waals surface area contributed by atoms with Crippen molar-refractivity contribution in [3.05, 3.63) is 29.8 Å². The number of nitrogens with one attached hydrogen (secondary N) is 2. The first kappa shape index (κ1) is 16.2. The average molecular weight is 295 g/mol. The highest BCUT2D eigenvalue weighted by molar-refractivity contribution is 7.89. The van der Waals surface area contributed by atoms with Crippen LogP contribution < -0.4 is 15.8 Å². The maximum atomic E-state index is 12.0. The molecule has 0 bridgehead atoms. The Kier molecular flexibility index (Phi) is 5.70. The van der Waals surface area contributed by atoms with Crippen molar-refractivity contribution in [1.29, 1.82) is 0 Å². The van der Waals surface area contributed by atoms with E-state index in [-0.39, 0.29) is 11.4 Å². The highest BCUT2D eigenvalue weighted by Gasteiger charge is 2.20. The van der Waals surface area contributed by atoms with E-state index in [2.05, 4.69) is 21.9 Å². The Balaban J connectivity index is 2.90. The van der Waals surface area contributed by atoms with E-state index in [9.17, 15) is 13.2 Å². The van der Waals surface area contributed by atoms with Gasteiger partial charge in [-0.05, 0) is 31.2 Å². The van der Waals surface area contributed by atoms with E-state index < -0.39 is 22.0 Å². The molecule has 0 fully saturated rings. The summed E-state index contributed by atoms with van der Waals surface area (Å²) in [4.78, 5) is 11.4. The number of nitrogens with two attached hydrogens (primary N) is 1. The van der Waals surface area contributed by atoms with Crippen LogP contribution in [-0.2, 0) is 14.8 Å². The van der Waals surface area contributed by atoms with Crippen molar-refractivity contribution in [3.63, 3.8) is 0 Å². The van der Waals surface area contributed by atoms with E-state index in [1.165, 1.54) is 26.1 Å². The Labute approximate surface area is 118 Å². The molecule has 6 nitrogen and oxygen atoms in total. The van der Waals surface area contributed by atoms with Crippen LogP contribution in [-0.4, -0.2) is 34.0 Å². The van der Waals surface area contributed by atoms with Gasteiger partial charge in [-0.25, -0.2) is 8.42 Å². The molecule has 4 N–H and O–H groups in total. The fourth-order valence-electron chi connectivity index (χ4n) is 1.44. The Morgan fingerprint density at radius 1 is 1.35 bits per heavy atom. The monoisotopic (exact) mass is 295 g/mol. The van der Waals surface area contributed by atoms with Crippen LogP contribution in [0.3, 0.4) is 0 Å². The number of carbonyl (C=O) groups excluding carboxylic acids is 1. The Hall–Kier alpha value is -1.88. The van der Waals surface area contributed by atoms with Gasteiger partial charge in [0.2, 0.25) is 15.9 Å². The van der Waals surface area contributed by atoms with Gasteiger partial charge in [0.25, 0.3) is 0 Å². The van der Waals surface area contributed by atoms with E-state index in [0.717, 1.165) is 0 Å². The Bertz CT molecular complexity index is 627. The fraction of sp³-hybridized carbons (Fsp3) is 0.308. The van der Waals surface area contributed by atoms with Crippen LogP contribution in [0.1, 0.15) is 12.5 Å². The largest absolute Gasteiger partial charge is 0.358 e. The summed E-state index contributed by atoms with van der Waals surface area (Å²) in [6.45, 7) is 1.71. The van der Waals surface area contributed by atoms with E-state index in [0.29, 0.717) is 5.56 Å². The quantitative estimate of drug-likeness (QED) is 0.646. The number of sulfonamides is 1. The molecule has 7 heteroatoms. The Morgan fingerprint density at radius 2 is 1.95 bits per heavy atom. The lowest BCUT2D eigenvalue weighted by Crippen LogP contribution is -2.43. The summed E-state index contributed by atoms with van der Waals surface area (Å²) >= 11 is 0. The zero-order valence-electron chi connectivity index (χ0n) is 11.3. The fourth-order valence-corrected chi connectivity index (χ4v) is 2.64. The zero-order chi connectivity index (χ0) is 15.2. The molecule has 0 aliphatic rings. The number of likely N-dealkylation sites (N-methyl/N-ethyl adjacent to an activating group) is 1. The first-order valence-corrected chi connectivity index (χ1v) is 7.42. The third-order valence-corrected chi connectivity index (χ3v) is 4.03. The van der Waals surface area contributed by atoms with Gasteiger partial charge in [-0.3, -0.25) is 4.79 Å². The number of carbonyl (C=O) groups is 1. The van der Waals surface area contributed by atoms with E-state index in [1.54, 1.807) is 12.1 Å². The summed E-state index contributed by atoms with van der Waals surface area (Å²) in [5.41, 5.74) is 5.93. The smallest absolute Gasteiger partial charge is 0.241 e. The van der Waals surface area contributed by atoms with Crippen molar-refractivity contribution < 1.29 is 13.2 Å². The molecule has 1 aromatic carbocycles. The van der Waals surface area contributed by atoms with Gasteiger partial charge in [0.05, 0.1) is 17.5 Å². The molecule has 1 atom stereocenters. The second kappa shape index (κ2) is 7.05. The van der Waals surface area contributed by atoms with Crippen LogP contribution in [0.4, 0.5) is 0 Å². The molecule has 1 aromatic rings. The van der Waals surface area contributed by atoms with Gasteiger partial charge in [0.15, 0.2) is 0 Å². The standard InChI is InChI=1S/C13H17N3O3S/c1-10(13(17)15-2)16-20(18,19)12-7-5-11(6-8-12)4-3-9-14/h5-8,10,16H,9,14H2,1-2H3,(H,15,17). The predicted octanol–water partition coefficient (Wildman–Crippen LogP) is -0.590. The number of hydrogen-bond acceptors (Lipinski definition) is 4. The van der Waals surface area contributed by atoms with E-state index in [1.807, 2.05) is 0 Å². The molecular weight excluding hydrogens is 278 g/mol. The molecule has 0 aromatic heterocycles. The van der Waals surface area contributed by atoms with Gasteiger partial charge in [0.1, 0.15) is 0 Å². The maximum absolute atomic E-state index is 12.0. The summed E-state index contributed by atoms with van der Waals surface area (Å²) in [6, 6.07) is 5.18. The molecule has 0 heterocycles. The zero-order valence-corrected chi connectivity index (χ0v) is 12.1. The van der Waals surface area contributed by atoms with Crippen molar-refractivity contribution in [1.82, 2.24) is 10.0 Å². The molecular formula is C13H17N3O3S. The van der Waals surface area contributed by atoms with Crippen LogP contribution in [0.25, 0.3) is 0 Å². The summed E-state index contributed by atoms with van der Waals surface area (Å²) in [5, 5.41) is 2.38. The van der Waals surface area contributed by atoms with Gasteiger partial charge in [-0.2, -0.15) is 4.72 Å². The summed E-state index contributed by atoms with van der Waals surface area (Å²) in [6.07, 6.45) is 0. The van der Waals surface area contributed by atoms with Crippen LogP contribution in [0.2, 0.25) is 0 Å². The molecule has 0 saturated heterocycles. The minimum Gasteiger partial charge on any atom is -0.358 e. The van der Waals surface area contributed by atoms with Crippen molar-refractivity contribution >= 4 is 15.9 Å². The van der Waals surface area contributed by atoms with Gasteiger partial charge in [0, 0.05) is 12.6 Å². The van der Waals surface area contributed by atoms with Crippen molar-refractivity contribution in [2.45, 2.75) is 17.9 Å². The third-order valence-electron chi connectivity index (χ3n) is 2.47. The minimum atomic E-state index is -3.74. The summed E-state index contributed by atoms with van der Waals surface area (Å²) in [7, 11) is -2.29. The second-order valence-electron chi connectivity index (χ2n) is 3.99. The molecule has 0 aliphatic carbocycles. The van der Waals surface area contributed by atoms with Gasteiger partial charge >= 0.3 is 0 Å². The molecule has 108 valence electrons. The number of benzene rings is 1. The number of hydrogen-bond donors (Lipinski definition) is 3. The van der Waals surface area contributed by atoms with Crippen molar-refractivity contribution in [3.8, 4) is 11.8 Å². The molecule has 0 aliphatic heterocycles. The number of amides is 1. The molecule has 1 rings (SSSR count). The normalized spacial score (nSPS) is 12.2. The van der Waals surface area contributed by atoms with Gasteiger partial charge in [-0.15, -0.1) is 0 Å². The van der Waals surface area contributed by atoms with E-state index in [4.69, 9.17) is 5.73 Å². The van der Waals surface area contributed by atoms with Gasteiger partial charge < -0.3 is 11.1 Å². The second-order valence-corrected chi connectivity index (χ2v) is 5.70. The molecule has 0 saturated carbocycles. The molecule has 1 unspecified atom stereocenters. The topological polar surface area (TPSA) is 101 Å². The van der Waals surface area contributed by atoms with Crippen LogP contribution in [0.5, 0.6) is 0 Å². The highest BCUT2D eigenvalue weighted by Crippen LogP contribution is 2.10. The minimum absolute atomic E-state index is 0.0755. The summed E-state index contributed by atoms with van der Waals surface area (Å²) in [5.74, 6) is 5.07. The average Bonchev–Trinajstić information content (AvgIpc) is 2.44. The summed E-state index contributed by atoms with van der Waals surface area (Å²) < 4.78 is 26.4. The lowest BCUT2D eigenvalue weighted by molar-refractivity contribution is -0.121. The van der Waals surface area contributed by atoms with Crippen LogP contribution in [0.15, 0.2) is 29.2 Å². The maximum Gasteiger partial charge on any atom is 0.241 e. The van der Waals surface area contributed by atoms with Crippen LogP contribution >= 0.6 is 0 Å². The SMILES string of the molecule is CNC(=O)C(C)NS(=O)(=O)c1ccc(C#CCN)cc1. The molecule has 20 heavy (non-hydrogen) atoms. The predicted molar refractivity (Wildman–Crippen MR) is 76.2 cm³/mol. The lowest BCUT2D eigenvalue weighted by Gasteiger charge is -2.12. The number of rotatable bonds is 4. The van der Waals surface area contributed by atoms with Crippen LogP contribution in [0, 0.1) is 11.8 Å². The third kappa shape index (κ3) is 4.35. The molecule has 1 amide bonds. The van der Waals surface area contributed by atoms with Crippen molar-refractivity contribution in [2.24, 2.45) is 5.73 Å². The van der Waals surface area contributed by atoms with E-state index >= 15 is 0 Å². The molecule has 0 radical (unpaired) electrons. The first-order valence-electron chi connectivity index (χ1n) is 5.93. The van der Waals surface area contributed by atoms with Gasteiger partial charge in [-0.1, -0.05) is 11.8 Å².